The zero-order chi connectivity index (χ0) is 24.0. The third-order valence-corrected chi connectivity index (χ3v) is 6.90. The zero-order valence-electron chi connectivity index (χ0n) is 20.0. The number of hydrogen-bond donors (Lipinski definition) is 1. The van der Waals surface area contributed by atoms with Gasteiger partial charge in [-0.1, -0.05) is 51.0 Å². The van der Waals surface area contributed by atoms with E-state index in [0.29, 0.717) is 28.0 Å². The molecule has 1 aromatic carbocycles. The first-order chi connectivity index (χ1) is 15.8. The molecule has 0 aliphatic rings. The Bertz CT molecular complexity index is 1020. The van der Waals surface area contributed by atoms with Gasteiger partial charge in [-0.05, 0) is 42.9 Å². The van der Waals surface area contributed by atoms with Gasteiger partial charge in [0.25, 0.3) is 0 Å². The lowest BCUT2D eigenvalue weighted by Crippen LogP contribution is -2.39. The lowest BCUT2D eigenvalue weighted by Gasteiger charge is -2.31. The lowest BCUT2D eigenvalue weighted by molar-refractivity contribution is -0.137. The first-order valence-corrected chi connectivity index (χ1v) is 12.3. The van der Waals surface area contributed by atoms with Crippen molar-refractivity contribution in [3.8, 4) is 27.4 Å². The van der Waals surface area contributed by atoms with Crippen molar-refractivity contribution in [1.82, 2.24) is 20.0 Å². The van der Waals surface area contributed by atoms with E-state index in [4.69, 9.17) is 0 Å². The Morgan fingerprint density at radius 1 is 1.18 bits per heavy atom. The monoisotopic (exact) mass is 475 g/mol. The average molecular weight is 476 g/mol. The van der Waals surface area contributed by atoms with E-state index >= 15 is 4.39 Å². The summed E-state index contributed by atoms with van der Waals surface area (Å²) < 4.78 is 16.9. The molecule has 2 heterocycles. The van der Waals surface area contributed by atoms with Crippen LogP contribution in [-0.2, 0) is 7.05 Å². The number of unbranched alkanes of at least 4 members (excludes halogenated alkanes) is 1. The normalized spacial score (nSPS) is 13.3. The van der Waals surface area contributed by atoms with Gasteiger partial charge in [0.15, 0.2) is 10.8 Å². The summed E-state index contributed by atoms with van der Waals surface area (Å²) in [7, 11) is 3.74. The largest absolute Gasteiger partial charge is 0.344 e. The summed E-state index contributed by atoms with van der Waals surface area (Å²) in [5.41, 5.74) is 2.40. The van der Waals surface area contributed by atoms with Crippen LogP contribution in [-0.4, -0.2) is 44.5 Å². The first-order valence-electron chi connectivity index (χ1n) is 11.5. The van der Waals surface area contributed by atoms with Crippen LogP contribution in [0.2, 0.25) is 0 Å². The minimum Gasteiger partial charge on any atom is -0.344 e. The SMILES string of the molecule is CCCC[C@H](F)[C@@H](CCC(C)C)N(C)c1nnc(-c2ccc(-c3cnn(C)c3)cc2OO)s1. The molecule has 0 fully saturated rings. The summed E-state index contributed by atoms with van der Waals surface area (Å²) in [4.78, 5) is 6.60. The maximum Gasteiger partial charge on any atom is 0.208 e. The molecule has 3 aromatic rings. The standard InChI is InChI=1S/C24H34FN5O2S/c1-6-7-8-20(25)21(12-9-16(2)3)30(5)24-28-27-23(33-24)19-11-10-17(13-22(19)32-31)18-14-26-29(4)15-18/h10-11,13-16,20-21,31H,6-9,12H2,1-5H3/t20-,21+/m0/s1. The summed E-state index contributed by atoms with van der Waals surface area (Å²) in [6, 6.07) is 5.26. The van der Waals surface area contributed by atoms with Crippen molar-refractivity contribution in [2.24, 2.45) is 13.0 Å². The Kier molecular flexibility index (Phi) is 8.80. The van der Waals surface area contributed by atoms with E-state index in [0.717, 1.165) is 36.8 Å². The van der Waals surface area contributed by atoms with E-state index in [-0.39, 0.29) is 11.8 Å². The van der Waals surface area contributed by atoms with Crippen molar-refractivity contribution in [1.29, 1.82) is 0 Å². The van der Waals surface area contributed by atoms with Crippen molar-refractivity contribution in [3.05, 3.63) is 30.6 Å². The second kappa shape index (κ2) is 11.6. The molecule has 2 aromatic heterocycles. The summed E-state index contributed by atoms with van der Waals surface area (Å²) in [5, 5.41) is 23.6. The molecular weight excluding hydrogens is 441 g/mol. The second-order valence-electron chi connectivity index (χ2n) is 8.90. The molecule has 0 aliphatic heterocycles. The Hall–Kier alpha value is -2.52. The Balaban J connectivity index is 1.84. The fraction of sp³-hybridized carbons (Fsp3) is 0.542. The van der Waals surface area contributed by atoms with Crippen molar-refractivity contribution < 1.29 is 14.5 Å². The number of anilines is 1. The molecule has 0 saturated carbocycles. The Labute approximate surface area is 199 Å². The van der Waals surface area contributed by atoms with Crippen molar-refractivity contribution in [3.63, 3.8) is 0 Å². The minimum atomic E-state index is -0.920. The van der Waals surface area contributed by atoms with Crippen LogP contribution >= 0.6 is 11.3 Å². The van der Waals surface area contributed by atoms with Gasteiger partial charge in [0, 0.05) is 25.9 Å². The molecule has 0 aliphatic carbocycles. The molecule has 0 unspecified atom stereocenters. The maximum absolute atomic E-state index is 15.2. The highest BCUT2D eigenvalue weighted by atomic mass is 32.1. The molecule has 0 spiro atoms. The molecule has 0 saturated heterocycles. The van der Waals surface area contributed by atoms with Crippen LogP contribution in [0.25, 0.3) is 21.7 Å². The number of rotatable bonds is 12. The fourth-order valence-corrected chi connectivity index (χ4v) is 4.74. The molecule has 7 nitrogen and oxygen atoms in total. The Morgan fingerprint density at radius 3 is 2.61 bits per heavy atom. The number of aromatic nitrogens is 4. The topological polar surface area (TPSA) is 76.3 Å². The van der Waals surface area contributed by atoms with Gasteiger partial charge < -0.3 is 9.79 Å². The number of nitrogens with zero attached hydrogens (tertiary/aromatic N) is 5. The van der Waals surface area contributed by atoms with E-state index in [2.05, 4.69) is 41.0 Å². The minimum absolute atomic E-state index is 0.249. The molecule has 1 N–H and O–H groups in total. The first kappa shape index (κ1) is 25.1. The fourth-order valence-electron chi connectivity index (χ4n) is 3.85. The molecule has 33 heavy (non-hydrogen) atoms. The van der Waals surface area contributed by atoms with Crippen LogP contribution < -0.4 is 9.79 Å². The molecular formula is C24H34FN5O2S. The lowest BCUT2D eigenvalue weighted by atomic mass is 9.97. The van der Waals surface area contributed by atoms with E-state index in [9.17, 15) is 5.26 Å². The van der Waals surface area contributed by atoms with Gasteiger partial charge in [-0.25, -0.2) is 9.65 Å². The molecule has 3 rings (SSSR count). The van der Waals surface area contributed by atoms with Crippen LogP contribution in [0, 0.1) is 5.92 Å². The van der Waals surface area contributed by atoms with Crippen molar-refractivity contribution >= 4 is 16.5 Å². The van der Waals surface area contributed by atoms with Gasteiger partial charge in [-0.2, -0.15) is 5.10 Å². The second-order valence-corrected chi connectivity index (χ2v) is 9.86. The third kappa shape index (κ3) is 6.29. The molecule has 9 heteroatoms. The Morgan fingerprint density at radius 2 is 1.97 bits per heavy atom. The third-order valence-electron chi connectivity index (χ3n) is 5.85. The predicted octanol–water partition coefficient (Wildman–Crippen LogP) is 6.23. The molecule has 0 amide bonds. The summed E-state index contributed by atoms with van der Waals surface area (Å²) >= 11 is 1.36. The zero-order valence-corrected chi connectivity index (χ0v) is 20.8. The smallest absolute Gasteiger partial charge is 0.208 e. The average Bonchev–Trinajstić information content (AvgIpc) is 3.46. The van der Waals surface area contributed by atoms with Crippen LogP contribution in [0.4, 0.5) is 9.52 Å². The van der Waals surface area contributed by atoms with Gasteiger partial charge in [0.1, 0.15) is 6.17 Å². The highest BCUT2D eigenvalue weighted by Crippen LogP contribution is 2.38. The number of hydrogen-bond acceptors (Lipinski definition) is 7. The van der Waals surface area contributed by atoms with Gasteiger partial charge in [-0.15, -0.1) is 10.2 Å². The van der Waals surface area contributed by atoms with Crippen LogP contribution in [0.3, 0.4) is 0 Å². The number of alkyl halides is 1. The van der Waals surface area contributed by atoms with E-state index in [1.54, 1.807) is 16.9 Å². The maximum atomic E-state index is 15.2. The summed E-state index contributed by atoms with van der Waals surface area (Å²) in [6.07, 6.45) is 6.82. The summed E-state index contributed by atoms with van der Waals surface area (Å²) in [6.45, 7) is 6.40. The predicted molar refractivity (Wildman–Crippen MR) is 131 cm³/mol. The highest BCUT2D eigenvalue weighted by Gasteiger charge is 2.28. The number of benzene rings is 1. The van der Waals surface area contributed by atoms with Crippen molar-refractivity contribution in [2.45, 2.75) is 65.1 Å². The molecule has 180 valence electrons. The van der Waals surface area contributed by atoms with Crippen molar-refractivity contribution in [2.75, 3.05) is 11.9 Å². The van der Waals surface area contributed by atoms with Gasteiger partial charge in [0.2, 0.25) is 5.13 Å². The highest BCUT2D eigenvalue weighted by molar-refractivity contribution is 7.18. The van der Waals surface area contributed by atoms with E-state index < -0.39 is 6.17 Å². The summed E-state index contributed by atoms with van der Waals surface area (Å²) in [5.74, 6) is 0.788. The van der Waals surface area contributed by atoms with Gasteiger partial charge in [0.05, 0.1) is 17.8 Å². The van der Waals surface area contributed by atoms with Crippen LogP contribution in [0.15, 0.2) is 30.6 Å². The van der Waals surface area contributed by atoms with Crippen LogP contribution in [0.5, 0.6) is 5.75 Å². The number of aryl methyl sites for hydroxylation is 1. The number of halogens is 1. The van der Waals surface area contributed by atoms with E-state index in [1.165, 1.54) is 11.3 Å². The molecule has 0 bridgehead atoms. The molecule has 0 radical (unpaired) electrons. The van der Waals surface area contributed by atoms with Gasteiger partial charge >= 0.3 is 0 Å². The molecule has 2 atom stereocenters. The quantitative estimate of drug-likeness (QED) is 0.247. The van der Waals surface area contributed by atoms with E-state index in [1.807, 2.05) is 37.3 Å². The van der Waals surface area contributed by atoms with Gasteiger partial charge in [-0.3, -0.25) is 4.68 Å². The van der Waals surface area contributed by atoms with Crippen LogP contribution in [0.1, 0.15) is 52.9 Å².